The normalized spacial score (nSPS) is 19.4. The first-order valence-corrected chi connectivity index (χ1v) is 29.6. The molecule has 85 heavy (non-hydrogen) atoms. The highest BCUT2D eigenvalue weighted by atomic mass is 32.1. The summed E-state index contributed by atoms with van der Waals surface area (Å²) in [5.41, 5.74) is -1.07. The number of rotatable bonds is 22. The van der Waals surface area contributed by atoms with Crippen molar-refractivity contribution >= 4 is 58.0 Å². The Kier molecular flexibility index (Phi) is 19.8. The smallest absolute Gasteiger partial charge is 0.391 e. The second-order valence-corrected chi connectivity index (χ2v) is 24.7. The monoisotopic (exact) mass is 1200 g/mol. The molecule has 3 fully saturated rings. The average Bonchev–Trinajstić information content (AvgIpc) is 4.04. The minimum Gasteiger partial charge on any atom is -0.391 e. The number of ketones is 1. The Morgan fingerprint density at radius 3 is 2.18 bits per heavy atom. The van der Waals surface area contributed by atoms with Gasteiger partial charge in [-0.05, 0) is 106 Å². The lowest BCUT2D eigenvalue weighted by Crippen LogP contribution is -2.59. The van der Waals surface area contributed by atoms with E-state index in [1.165, 1.54) is 34.4 Å². The maximum Gasteiger partial charge on any atom is 0.417 e. The van der Waals surface area contributed by atoms with Crippen LogP contribution in [0.15, 0.2) is 83.2 Å². The maximum atomic E-state index is 15.7. The van der Waals surface area contributed by atoms with Gasteiger partial charge in [0.05, 0.1) is 50.7 Å². The molecular weight excluding hydrogens is 1130 g/mol. The number of β-amino-alcohol motifs (C(OH)–C–C–N with tert-alkyl or cyclic N) is 1. The summed E-state index contributed by atoms with van der Waals surface area (Å²) in [5.74, 6) is -4.53. The molecule has 0 bridgehead atoms. The molecule has 1 aliphatic carbocycles. The number of benzene rings is 3. The molecule has 2 saturated heterocycles. The number of carbonyl (C=O) groups is 6. The Morgan fingerprint density at radius 2 is 1.53 bits per heavy atom. The largest absolute Gasteiger partial charge is 0.417 e. The van der Waals surface area contributed by atoms with Crippen LogP contribution < -0.4 is 31.7 Å². The Bertz CT molecular complexity index is 3330. The molecule has 6 N–H and O–H groups in total. The molecule has 456 valence electrons. The van der Waals surface area contributed by atoms with Crippen molar-refractivity contribution in [3.8, 4) is 21.6 Å². The van der Waals surface area contributed by atoms with Crippen LogP contribution in [0.2, 0.25) is 0 Å². The van der Waals surface area contributed by atoms with Crippen LogP contribution in [0.25, 0.3) is 21.6 Å². The van der Waals surface area contributed by atoms with Gasteiger partial charge in [-0.25, -0.2) is 13.8 Å². The number of aliphatic hydroxyl groups is 1. The zero-order valence-corrected chi connectivity index (χ0v) is 49.6. The molecule has 5 aromatic rings. The number of pyridine rings is 1. The van der Waals surface area contributed by atoms with Crippen molar-refractivity contribution < 1.29 is 55.8 Å². The summed E-state index contributed by atoms with van der Waals surface area (Å²) in [5, 5.41) is 21.8. The number of aliphatic hydroxyl groups excluding tert-OH is 1. The number of piperazine rings is 1. The predicted octanol–water partition coefficient (Wildman–Crippen LogP) is 9.29. The molecule has 2 aromatic heterocycles. The van der Waals surface area contributed by atoms with E-state index in [9.17, 15) is 56.2 Å². The summed E-state index contributed by atoms with van der Waals surface area (Å²) in [6, 6.07) is 13.3. The number of Topliss-reactive ketones (excluding diaryl/α,β-unsaturated/α-hetero) is 1. The van der Waals surface area contributed by atoms with Gasteiger partial charge < -0.3 is 41.2 Å². The topological polar surface area (TPSA) is 226 Å². The predicted molar refractivity (Wildman–Crippen MR) is 314 cm³/mol. The molecule has 2 aliphatic heterocycles. The van der Waals surface area contributed by atoms with Crippen molar-refractivity contribution in [1.29, 1.82) is 0 Å². The number of halogens is 5. The first-order chi connectivity index (χ1) is 40.1. The van der Waals surface area contributed by atoms with Gasteiger partial charge in [0.1, 0.15) is 23.7 Å². The number of aryl methyl sites for hydroxylation is 1. The summed E-state index contributed by atoms with van der Waals surface area (Å²) in [7, 11) is 1.98. The first-order valence-electron chi connectivity index (χ1n) is 28.7. The molecule has 23 heteroatoms. The molecule has 3 aromatic carbocycles. The third kappa shape index (κ3) is 15.6. The van der Waals surface area contributed by atoms with E-state index in [2.05, 4.69) is 36.1 Å². The lowest BCUT2D eigenvalue weighted by molar-refractivity contribution is -0.145. The minimum absolute atomic E-state index is 0.00494. The minimum atomic E-state index is -5.02. The summed E-state index contributed by atoms with van der Waals surface area (Å²) in [6.45, 7) is 12.2. The Labute approximate surface area is 494 Å². The zero-order chi connectivity index (χ0) is 61.7. The lowest BCUT2D eigenvalue weighted by Gasteiger charge is -2.44. The van der Waals surface area contributed by atoms with Gasteiger partial charge in [0, 0.05) is 80.9 Å². The summed E-state index contributed by atoms with van der Waals surface area (Å²) in [4.78, 5) is 107. The van der Waals surface area contributed by atoms with E-state index in [4.69, 9.17) is 0 Å². The van der Waals surface area contributed by atoms with Crippen molar-refractivity contribution in [3.05, 3.63) is 123 Å². The van der Waals surface area contributed by atoms with Gasteiger partial charge in [0.2, 0.25) is 17.4 Å². The molecule has 17 nitrogen and oxygen atoms in total. The van der Waals surface area contributed by atoms with Gasteiger partial charge in [0.15, 0.2) is 5.67 Å². The number of amides is 5. The molecule has 8 rings (SSSR count). The molecular formula is C62H74F5N9O8S. The fourth-order valence-electron chi connectivity index (χ4n) is 10.9. The standard InChI is InChI=1S/C62H74F5N9O8S/c1-35-31-75(32-36(2)74(35)7)50-21-19-40(26-49(50)72-56(81)45-30-69-52(79)29-46(45)62(65,66)67)44-25-41(18-20-47(44)63)55(80)68-24-12-10-8-9-11-13-42(77)27-48(38-14-16-39(17-15-38)53-37(3)70-34-85-53)71-57(82)51-28-43(78)33-76(51)58(83)54(60(4,5)6)73-59(84)61(64)22-23-61/h14-21,25-26,29-30,34-36,43,48,51,54,78H,8-13,22-24,27-28,31-33H2,1-7H3,(H,68,80)(H,69,79)(H,71,82)(H,72,81)(H,73,84)/t35-,36+,43-,48+,51+,54-/m1/s1. The van der Waals surface area contributed by atoms with Crippen LogP contribution >= 0.6 is 11.3 Å². The number of H-pyrrole nitrogens is 1. The summed E-state index contributed by atoms with van der Waals surface area (Å²) >= 11 is 1.48. The number of carbonyl (C=O) groups excluding carboxylic acids is 6. The molecule has 0 spiro atoms. The highest BCUT2D eigenvalue weighted by Crippen LogP contribution is 2.41. The number of likely N-dealkylation sites (tertiary alicyclic amines) is 1. The number of hydrogen-bond donors (Lipinski definition) is 6. The average molecular weight is 1200 g/mol. The molecule has 0 unspecified atom stereocenters. The highest BCUT2D eigenvalue weighted by Gasteiger charge is 2.53. The number of unbranched alkanes of at least 4 members (excludes halogenated alkanes) is 4. The van der Waals surface area contributed by atoms with Crippen LogP contribution in [0, 0.1) is 18.2 Å². The molecule has 6 atom stereocenters. The second-order valence-electron chi connectivity index (χ2n) is 23.9. The van der Waals surface area contributed by atoms with Crippen LogP contribution in [0.5, 0.6) is 0 Å². The maximum absolute atomic E-state index is 15.7. The Morgan fingerprint density at radius 1 is 0.859 bits per heavy atom. The number of nitrogens with zero attached hydrogens (tertiary/aromatic N) is 4. The van der Waals surface area contributed by atoms with Gasteiger partial charge >= 0.3 is 6.18 Å². The van der Waals surface area contributed by atoms with Crippen molar-refractivity contribution in [2.75, 3.05) is 43.4 Å². The molecule has 4 heterocycles. The van der Waals surface area contributed by atoms with E-state index in [1.807, 2.05) is 57.0 Å². The van der Waals surface area contributed by atoms with Gasteiger partial charge in [-0.15, -0.1) is 11.3 Å². The number of alkyl halides is 4. The van der Waals surface area contributed by atoms with E-state index in [0.29, 0.717) is 62.3 Å². The van der Waals surface area contributed by atoms with E-state index < -0.39 is 93.5 Å². The zero-order valence-electron chi connectivity index (χ0n) is 48.8. The molecule has 5 amide bonds. The number of likely N-dealkylation sites (N-methyl/N-ethyl adjacent to an activating group) is 1. The number of nitrogens with one attached hydrogen (secondary N) is 5. The van der Waals surface area contributed by atoms with Crippen LogP contribution in [0.1, 0.15) is 142 Å². The lowest BCUT2D eigenvalue weighted by atomic mass is 9.85. The quantitative estimate of drug-likeness (QED) is 0.0283. The van der Waals surface area contributed by atoms with Gasteiger partial charge in [-0.3, -0.25) is 38.5 Å². The molecule has 1 saturated carbocycles. The van der Waals surface area contributed by atoms with E-state index >= 15 is 4.39 Å². The fourth-order valence-corrected chi connectivity index (χ4v) is 11.8. The van der Waals surface area contributed by atoms with Crippen LogP contribution in [-0.4, -0.2) is 129 Å². The van der Waals surface area contributed by atoms with Crippen molar-refractivity contribution in [1.82, 2.24) is 35.7 Å². The third-order valence-corrected chi connectivity index (χ3v) is 17.3. The molecule has 0 radical (unpaired) electrons. The Hall–Kier alpha value is -7.37. The van der Waals surface area contributed by atoms with Crippen LogP contribution in [-0.2, 0) is 25.4 Å². The third-order valence-electron chi connectivity index (χ3n) is 16.3. The van der Waals surface area contributed by atoms with Crippen molar-refractivity contribution in [2.45, 2.75) is 154 Å². The number of anilines is 2. The second kappa shape index (κ2) is 26.5. The summed E-state index contributed by atoms with van der Waals surface area (Å²) in [6.07, 6.45) is -1.92. The number of hydrogen-bond acceptors (Lipinski definition) is 12. The van der Waals surface area contributed by atoms with Crippen molar-refractivity contribution in [2.24, 2.45) is 5.41 Å². The van der Waals surface area contributed by atoms with Crippen LogP contribution in [0.3, 0.4) is 0 Å². The van der Waals surface area contributed by atoms with E-state index in [-0.39, 0.29) is 85.4 Å². The van der Waals surface area contributed by atoms with E-state index in [0.717, 1.165) is 28.6 Å². The highest BCUT2D eigenvalue weighted by molar-refractivity contribution is 7.13. The SMILES string of the molecule is Cc1ncsc1-c1ccc([C@H](CC(=O)CCCCCCCNC(=O)c2ccc(F)c(-c3ccc(N4C[C@@H](C)N(C)[C@@H](C)C4)c(NC(=O)c4c[nH]c(=O)cc4C(F)(F)F)c3)c2)NC(=O)[C@@H]2C[C@@H](O)CN2C(=O)[C@@H](NC(=O)C2(F)CC2)C(C)(C)C)cc1. The van der Waals surface area contributed by atoms with Crippen molar-refractivity contribution in [3.63, 3.8) is 0 Å². The number of aromatic nitrogens is 2. The van der Waals surface area contributed by atoms with E-state index in [1.54, 1.807) is 38.4 Å². The summed E-state index contributed by atoms with van der Waals surface area (Å²) < 4.78 is 72.6. The number of thiazole rings is 1. The number of aromatic amines is 1. The Balaban J connectivity index is 0.864. The fraction of sp³-hybridized carbons (Fsp3) is 0.484. The van der Waals surface area contributed by atoms with Gasteiger partial charge in [-0.1, -0.05) is 70.4 Å². The van der Waals surface area contributed by atoms with Gasteiger partial charge in [0.25, 0.3) is 17.7 Å². The van der Waals surface area contributed by atoms with Gasteiger partial charge in [-0.2, -0.15) is 13.2 Å². The first kappa shape index (κ1) is 63.6. The van der Waals surface area contributed by atoms with Crippen LogP contribution in [0.4, 0.5) is 33.3 Å². The molecule has 3 aliphatic rings.